The van der Waals surface area contributed by atoms with E-state index in [4.69, 9.17) is 0 Å². The van der Waals surface area contributed by atoms with E-state index in [1.54, 1.807) is 0 Å². The lowest BCUT2D eigenvalue weighted by molar-refractivity contribution is -0.148. The van der Waals surface area contributed by atoms with Crippen molar-refractivity contribution < 1.29 is 9.59 Å². The van der Waals surface area contributed by atoms with E-state index in [1.165, 1.54) is 17.7 Å². The molecule has 0 atom stereocenters. The molecule has 4 heteroatoms. The zero-order valence-corrected chi connectivity index (χ0v) is 9.07. The van der Waals surface area contributed by atoms with Gasteiger partial charge in [0.05, 0.1) is 0 Å². The van der Waals surface area contributed by atoms with Crippen LogP contribution in [0.1, 0.15) is 32.1 Å². The molecule has 0 radical (unpaired) electrons. The molecule has 2 amide bonds. The van der Waals surface area contributed by atoms with Crippen LogP contribution in [0.25, 0.3) is 0 Å². The fourth-order valence-corrected chi connectivity index (χ4v) is 2.30. The third-order valence-corrected chi connectivity index (χ3v) is 3.22. The molecule has 4 nitrogen and oxygen atoms in total. The van der Waals surface area contributed by atoms with Gasteiger partial charge >= 0.3 is 0 Å². The van der Waals surface area contributed by atoms with E-state index in [2.05, 4.69) is 4.90 Å². The topological polar surface area (TPSA) is 40.6 Å². The maximum absolute atomic E-state index is 11.5. The number of nitrogens with zero attached hydrogens (tertiary/aromatic N) is 2. The van der Waals surface area contributed by atoms with Gasteiger partial charge in [-0.25, -0.2) is 0 Å². The van der Waals surface area contributed by atoms with Gasteiger partial charge in [-0.15, -0.1) is 0 Å². The summed E-state index contributed by atoms with van der Waals surface area (Å²) < 4.78 is 0. The van der Waals surface area contributed by atoms with Gasteiger partial charge in [0.15, 0.2) is 0 Å². The zero-order chi connectivity index (χ0) is 10.7. The van der Waals surface area contributed by atoms with Crippen LogP contribution in [0.5, 0.6) is 0 Å². The maximum Gasteiger partial charge on any atom is 0.229 e. The third kappa shape index (κ3) is 2.56. The van der Waals surface area contributed by atoms with Crippen LogP contribution in [-0.2, 0) is 9.59 Å². The van der Waals surface area contributed by atoms with Crippen molar-refractivity contribution in [2.24, 2.45) is 0 Å². The Kier molecular flexibility index (Phi) is 3.36. The van der Waals surface area contributed by atoms with Gasteiger partial charge in [-0.05, 0) is 32.4 Å². The van der Waals surface area contributed by atoms with Crippen LogP contribution in [0.15, 0.2) is 0 Å². The van der Waals surface area contributed by atoms with Crippen LogP contribution >= 0.6 is 0 Å². The molecule has 2 heterocycles. The molecule has 2 fully saturated rings. The minimum atomic E-state index is 0.0189. The van der Waals surface area contributed by atoms with Crippen molar-refractivity contribution in [1.29, 1.82) is 0 Å². The van der Waals surface area contributed by atoms with Crippen molar-refractivity contribution in [3.8, 4) is 0 Å². The normalized spacial score (nSPS) is 23.9. The third-order valence-electron chi connectivity index (χ3n) is 3.22. The summed E-state index contributed by atoms with van der Waals surface area (Å²) in [5, 5.41) is 0. The molecule has 0 bridgehead atoms. The van der Waals surface area contributed by atoms with E-state index in [-0.39, 0.29) is 11.8 Å². The molecule has 2 aliphatic heterocycles. The van der Waals surface area contributed by atoms with Gasteiger partial charge < -0.3 is 4.90 Å². The number of hydrogen-bond acceptors (Lipinski definition) is 3. The molecule has 0 unspecified atom stereocenters. The van der Waals surface area contributed by atoms with Crippen LogP contribution in [-0.4, -0.2) is 47.8 Å². The van der Waals surface area contributed by atoms with E-state index >= 15 is 0 Å². The Morgan fingerprint density at radius 3 is 2.07 bits per heavy atom. The molecule has 0 aliphatic carbocycles. The first-order valence-corrected chi connectivity index (χ1v) is 5.83. The van der Waals surface area contributed by atoms with E-state index in [0.29, 0.717) is 19.4 Å². The first-order chi connectivity index (χ1) is 7.27. The summed E-state index contributed by atoms with van der Waals surface area (Å²) in [5.41, 5.74) is 0. The first kappa shape index (κ1) is 10.6. The predicted octanol–water partition coefficient (Wildman–Crippen LogP) is 0.621. The average molecular weight is 210 g/mol. The highest BCUT2D eigenvalue weighted by Gasteiger charge is 2.26. The lowest BCUT2D eigenvalue weighted by Gasteiger charge is -2.26. The Bertz CT molecular complexity index is 243. The Hall–Kier alpha value is -0.900. The maximum atomic E-state index is 11.5. The van der Waals surface area contributed by atoms with Crippen molar-refractivity contribution in [2.75, 3.05) is 26.2 Å². The SMILES string of the molecule is O=C1CCCC(=O)N1CCN1CCCC1. The standard InChI is InChI=1S/C11H18N2O2/c14-10-4-3-5-11(15)13(10)9-8-12-6-1-2-7-12/h1-9H2. The summed E-state index contributed by atoms with van der Waals surface area (Å²) in [6.07, 6.45) is 4.33. The van der Waals surface area contributed by atoms with Crippen molar-refractivity contribution in [1.82, 2.24) is 9.80 Å². The summed E-state index contributed by atoms with van der Waals surface area (Å²) in [4.78, 5) is 26.8. The van der Waals surface area contributed by atoms with E-state index < -0.39 is 0 Å². The van der Waals surface area contributed by atoms with Crippen molar-refractivity contribution in [2.45, 2.75) is 32.1 Å². The largest absolute Gasteiger partial charge is 0.302 e. The number of rotatable bonds is 3. The molecule has 0 N–H and O–H groups in total. The minimum absolute atomic E-state index is 0.0189. The van der Waals surface area contributed by atoms with E-state index in [1.807, 2.05) is 0 Å². The molecule has 0 aromatic rings. The molecule has 0 spiro atoms. The monoisotopic (exact) mass is 210 g/mol. The molecule has 15 heavy (non-hydrogen) atoms. The van der Waals surface area contributed by atoms with Crippen LogP contribution in [0.2, 0.25) is 0 Å². The van der Waals surface area contributed by atoms with Crippen molar-refractivity contribution >= 4 is 11.8 Å². The van der Waals surface area contributed by atoms with Crippen LogP contribution in [0.4, 0.5) is 0 Å². The van der Waals surface area contributed by atoms with E-state index in [0.717, 1.165) is 26.1 Å². The van der Waals surface area contributed by atoms with Crippen molar-refractivity contribution in [3.05, 3.63) is 0 Å². The summed E-state index contributed by atoms with van der Waals surface area (Å²) in [6, 6.07) is 0. The lowest BCUT2D eigenvalue weighted by atomic mass is 10.1. The number of carbonyl (C=O) groups excluding carboxylic acids is 2. The van der Waals surface area contributed by atoms with Crippen LogP contribution in [0, 0.1) is 0 Å². The molecule has 2 aliphatic rings. The van der Waals surface area contributed by atoms with Gasteiger partial charge in [0.2, 0.25) is 11.8 Å². The van der Waals surface area contributed by atoms with Crippen LogP contribution < -0.4 is 0 Å². The minimum Gasteiger partial charge on any atom is -0.302 e. The molecule has 0 aromatic heterocycles. The summed E-state index contributed by atoms with van der Waals surface area (Å²) in [7, 11) is 0. The number of imide groups is 1. The van der Waals surface area contributed by atoms with Gasteiger partial charge in [-0.1, -0.05) is 0 Å². The number of amides is 2. The lowest BCUT2D eigenvalue weighted by Crippen LogP contribution is -2.44. The summed E-state index contributed by atoms with van der Waals surface area (Å²) in [6.45, 7) is 3.70. The molecule has 84 valence electrons. The molecule has 2 rings (SSSR count). The Labute approximate surface area is 90.2 Å². The molecular weight excluding hydrogens is 192 g/mol. The molecular formula is C11H18N2O2. The number of carbonyl (C=O) groups is 2. The highest BCUT2D eigenvalue weighted by molar-refractivity contribution is 5.97. The molecule has 2 saturated heterocycles. The second-order valence-corrected chi connectivity index (χ2v) is 4.34. The molecule has 0 saturated carbocycles. The highest BCUT2D eigenvalue weighted by Crippen LogP contribution is 2.13. The first-order valence-electron chi connectivity index (χ1n) is 5.83. The highest BCUT2D eigenvalue weighted by atomic mass is 16.2. The molecule has 0 aromatic carbocycles. The fourth-order valence-electron chi connectivity index (χ4n) is 2.30. The van der Waals surface area contributed by atoms with Gasteiger partial charge in [0.25, 0.3) is 0 Å². The number of piperidine rings is 1. The van der Waals surface area contributed by atoms with Gasteiger partial charge in [-0.3, -0.25) is 14.5 Å². The Morgan fingerprint density at radius 2 is 1.47 bits per heavy atom. The summed E-state index contributed by atoms with van der Waals surface area (Å²) >= 11 is 0. The fraction of sp³-hybridized carbons (Fsp3) is 0.818. The van der Waals surface area contributed by atoms with Gasteiger partial charge in [0.1, 0.15) is 0 Å². The number of likely N-dealkylation sites (tertiary alicyclic amines) is 2. The zero-order valence-electron chi connectivity index (χ0n) is 9.07. The quantitative estimate of drug-likeness (QED) is 0.641. The summed E-state index contributed by atoms with van der Waals surface area (Å²) in [5.74, 6) is 0.0379. The second kappa shape index (κ2) is 4.75. The van der Waals surface area contributed by atoms with Gasteiger partial charge in [-0.2, -0.15) is 0 Å². The van der Waals surface area contributed by atoms with Crippen molar-refractivity contribution in [3.63, 3.8) is 0 Å². The number of hydrogen-bond donors (Lipinski definition) is 0. The van der Waals surface area contributed by atoms with Crippen LogP contribution in [0.3, 0.4) is 0 Å². The van der Waals surface area contributed by atoms with E-state index in [9.17, 15) is 9.59 Å². The smallest absolute Gasteiger partial charge is 0.229 e. The predicted molar refractivity (Wildman–Crippen MR) is 56.2 cm³/mol. The second-order valence-electron chi connectivity index (χ2n) is 4.34. The average Bonchev–Trinajstić information content (AvgIpc) is 2.70. The Morgan fingerprint density at radius 1 is 0.867 bits per heavy atom. The van der Waals surface area contributed by atoms with Gasteiger partial charge in [0, 0.05) is 25.9 Å². The Balaban J connectivity index is 1.81.